The van der Waals surface area contributed by atoms with Gasteiger partial charge in [0, 0.05) is 25.0 Å². The molecule has 0 saturated carbocycles. The minimum absolute atomic E-state index is 0.212. The van der Waals surface area contributed by atoms with Crippen molar-refractivity contribution in [1.82, 2.24) is 9.88 Å². The Morgan fingerprint density at radius 2 is 2.20 bits per heavy atom. The topological polar surface area (TPSA) is 47.7 Å². The van der Waals surface area contributed by atoms with E-state index in [1.807, 2.05) is 31.3 Å². The van der Waals surface area contributed by atoms with E-state index >= 15 is 0 Å². The molecule has 2 aromatic rings. The van der Waals surface area contributed by atoms with Gasteiger partial charge in [0.05, 0.1) is 32.0 Å². The first kappa shape index (κ1) is 16.8. The number of nitrogens with zero attached hydrogens (tertiary/aromatic N) is 2. The predicted molar refractivity (Wildman–Crippen MR) is 94.0 cm³/mol. The molecule has 0 radical (unpaired) electrons. The number of rotatable bonds is 6. The van der Waals surface area contributed by atoms with Crippen molar-refractivity contribution in [3.05, 3.63) is 53.7 Å². The van der Waals surface area contributed by atoms with Crippen molar-refractivity contribution in [3.8, 4) is 0 Å². The Morgan fingerprint density at radius 3 is 3.00 bits per heavy atom. The third kappa shape index (κ3) is 4.11. The van der Waals surface area contributed by atoms with Crippen LogP contribution in [-0.4, -0.2) is 41.3 Å². The van der Waals surface area contributed by atoms with E-state index in [9.17, 15) is 0 Å². The van der Waals surface area contributed by atoms with E-state index in [2.05, 4.69) is 16.0 Å². The van der Waals surface area contributed by atoms with Crippen LogP contribution in [0, 0.1) is 6.92 Å². The van der Waals surface area contributed by atoms with Gasteiger partial charge in [0.25, 0.3) is 0 Å². The van der Waals surface area contributed by atoms with Gasteiger partial charge in [0.1, 0.15) is 11.5 Å². The van der Waals surface area contributed by atoms with E-state index in [-0.39, 0.29) is 6.10 Å². The normalized spacial score (nSPS) is 26.7. The van der Waals surface area contributed by atoms with Gasteiger partial charge < -0.3 is 13.9 Å². The summed E-state index contributed by atoms with van der Waals surface area (Å²) in [5.74, 6) is 2.04. The fraction of sp³-hybridized carbons (Fsp3) is 0.550. The molecule has 4 heterocycles. The molecule has 2 aromatic heterocycles. The lowest BCUT2D eigenvalue weighted by Gasteiger charge is -2.35. The van der Waals surface area contributed by atoms with Gasteiger partial charge in [-0.2, -0.15) is 0 Å². The molecule has 5 heteroatoms. The highest BCUT2D eigenvalue weighted by molar-refractivity contribution is 5.07. The van der Waals surface area contributed by atoms with Crippen molar-refractivity contribution in [2.24, 2.45) is 0 Å². The SMILES string of the molecule is Cc1ccc(CN2CC[C@@H]3O[C@@H](COCc4cccnc4)CC[C@@H]32)o1. The first-order valence-corrected chi connectivity index (χ1v) is 9.19. The van der Waals surface area contributed by atoms with Gasteiger partial charge >= 0.3 is 0 Å². The van der Waals surface area contributed by atoms with Gasteiger partial charge in [-0.3, -0.25) is 9.88 Å². The molecule has 0 amide bonds. The van der Waals surface area contributed by atoms with Crippen molar-refractivity contribution in [1.29, 1.82) is 0 Å². The van der Waals surface area contributed by atoms with Gasteiger partial charge in [-0.25, -0.2) is 0 Å². The zero-order chi connectivity index (χ0) is 17.1. The summed E-state index contributed by atoms with van der Waals surface area (Å²) in [7, 11) is 0. The Balaban J connectivity index is 1.24. The van der Waals surface area contributed by atoms with Crippen LogP contribution >= 0.6 is 0 Å². The van der Waals surface area contributed by atoms with Crippen molar-refractivity contribution < 1.29 is 13.9 Å². The maximum atomic E-state index is 6.31. The lowest BCUT2D eigenvalue weighted by atomic mass is 9.99. The summed E-state index contributed by atoms with van der Waals surface area (Å²) in [6.07, 6.45) is 7.50. The molecule has 5 nitrogen and oxygen atoms in total. The van der Waals surface area contributed by atoms with Crippen LogP contribution in [0.15, 0.2) is 41.1 Å². The number of aromatic nitrogens is 1. The molecule has 0 aliphatic carbocycles. The minimum atomic E-state index is 0.212. The van der Waals surface area contributed by atoms with Crippen LogP contribution in [0.3, 0.4) is 0 Å². The highest BCUT2D eigenvalue weighted by atomic mass is 16.5. The third-order valence-corrected chi connectivity index (χ3v) is 5.20. The molecule has 0 N–H and O–H groups in total. The number of ether oxygens (including phenoxy) is 2. The van der Waals surface area contributed by atoms with Crippen LogP contribution in [0.2, 0.25) is 0 Å². The standard InChI is InChI=1S/C20H26N2O3/c1-15-4-5-17(24-15)12-22-10-8-20-19(22)7-6-18(25-20)14-23-13-16-3-2-9-21-11-16/h2-5,9,11,18-20H,6-8,10,12-14H2,1H3/t18-,19+,20+/m1/s1. The number of pyridine rings is 1. The maximum Gasteiger partial charge on any atom is 0.118 e. The summed E-state index contributed by atoms with van der Waals surface area (Å²) in [6.45, 7) is 5.23. The van der Waals surface area contributed by atoms with Crippen molar-refractivity contribution in [2.75, 3.05) is 13.2 Å². The summed E-state index contributed by atoms with van der Waals surface area (Å²) in [4.78, 5) is 6.62. The Bertz CT molecular complexity index is 673. The summed E-state index contributed by atoms with van der Waals surface area (Å²) >= 11 is 0. The molecule has 4 rings (SSSR count). The van der Waals surface area contributed by atoms with Gasteiger partial charge in [-0.15, -0.1) is 0 Å². The number of likely N-dealkylation sites (tertiary alicyclic amines) is 1. The predicted octanol–water partition coefficient (Wildman–Crippen LogP) is 3.32. The van der Waals surface area contributed by atoms with E-state index in [0.717, 1.165) is 43.0 Å². The molecule has 2 saturated heterocycles. The van der Waals surface area contributed by atoms with Crippen LogP contribution in [0.1, 0.15) is 36.3 Å². The average Bonchev–Trinajstić information content (AvgIpc) is 3.22. The Kier molecular flexibility index (Phi) is 5.15. The van der Waals surface area contributed by atoms with E-state index in [1.54, 1.807) is 6.20 Å². The second kappa shape index (κ2) is 7.68. The smallest absolute Gasteiger partial charge is 0.118 e. The minimum Gasteiger partial charge on any atom is -0.465 e. The fourth-order valence-electron chi connectivity index (χ4n) is 3.97. The monoisotopic (exact) mass is 342 g/mol. The lowest BCUT2D eigenvalue weighted by Crippen LogP contribution is -2.43. The van der Waals surface area contributed by atoms with Crippen molar-refractivity contribution >= 4 is 0 Å². The molecular formula is C20H26N2O3. The van der Waals surface area contributed by atoms with Crippen LogP contribution in [0.25, 0.3) is 0 Å². The summed E-state index contributed by atoms with van der Waals surface area (Å²) < 4.78 is 17.9. The van der Waals surface area contributed by atoms with Crippen molar-refractivity contribution in [2.45, 2.75) is 57.6 Å². The van der Waals surface area contributed by atoms with Crippen molar-refractivity contribution in [3.63, 3.8) is 0 Å². The quantitative estimate of drug-likeness (QED) is 0.806. The average molecular weight is 342 g/mol. The molecule has 3 atom stereocenters. The Morgan fingerprint density at radius 1 is 1.24 bits per heavy atom. The molecule has 134 valence electrons. The van der Waals surface area contributed by atoms with E-state index < -0.39 is 0 Å². The van der Waals surface area contributed by atoms with E-state index in [4.69, 9.17) is 13.9 Å². The number of aryl methyl sites for hydroxylation is 1. The highest BCUT2D eigenvalue weighted by Gasteiger charge is 2.39. The summed E-state index contributed by atoms with van der Waals surface area (Å²) in [5.41, 5.74) is 1.11. The molecule has 0 spiro atoms. The molecule has 2 aliphatic heterocycles. The maximum absolute atomic E-state index is 6.31. The number of hydrogen-bond acceptors (Lipinski definition) is 5. The fourth-order valence-corrected chi connectivity index (χ4v) is 3.97. The first-order chi connectivity index (χ1) is 12.3. The summed E-state index contributed by atoms with van der Waals surface area (Å²) in [6, 6.07) is 8.61. The lowest BCUT2D eigenvalue weighted by molar-refractivity contribution is -0.102. The second-order valence-corrected chi connectivity index (χ2v) is 7.09. The second-order valence-electron chi connectivity index (χ2n) is 7.09. The molecule has 0 aromatic carbocycles. The van der Waals surface area contributed by atoms with Gasteiger partial charge in [-0.1, -0.05) is 6.07 Å². The zero-order valence-corrected chi connectivity index (χ0v) is 14.8. The molecular weight excluding hydrogens is 316 g/mol. The van der Waals surface area contributed by atoms with Gasteiger partial charge in [0.15, 0.2) is 0 Å². The van der Waals surface area contributed by atoms with Crippen LogP contribution in [0.4, 0.5) is 0 Å². The highest BCUT2D eigenvalue weighted by Crippen LogP contribution is 2.32. The third-order valence-electron chi connectivity index (χ3n) is 5.20. The van der Waals surface area contributed by atoms with Gasteiger partial charge in [0.2, 0.25) is 0 Å². The Hall–Kier alpha value is -1.69. The first-order valence-electron chi connectivity index (χ1n) is 9.19. The van der Waals surface area contributed by atoms with Crippen LogP contribution in [0.5, 0.6) is 0 Å². The molecule has 0 bridgehead atoms. The number of hydrogen-bond donors (Lipinski definition) is 0. The largest absolute Gasteiger partial charge is 0.465 e. The molecule has 25 heavy (non-hydrogen) atoms. The zero-order valence-electron chi connectivity index (χ0n) is 14.8. The van der Waals surface area contributed by atoms with E-state index in [0.29, 0.717) is 25.4 Å². The number of furan rings is 1. The summed E-state index contributed by atoms with van der Waals surface area (Å²) in [5, 5.41) is 0. The molecule has 0 unspecified atom stereocenters. The van der Waals surface area contributed by atoms with E-state index in [1.165, 1.54) is 6.42 Å². The Labute approximate surface area is 148 Å². The molecule has 2 aliphatic rings. The molecule has 2 fully saturated rings. The number of fused-ring (bicyclic) bond motifs is 1. The van der Waals surface area contributed by atoms with Crippen LogP contribution in [-0.2, 0) is 22.6 Å². The van der Waals surface area contributed by atoms with Gasteiger partial charge in [-0.05, 0) is 49.9 Å². The van der Waals surface area contributed by atoms with Crippen LogP contribution < -0.4 is 0 Å².